The van der Waals surface area contributed by atoms with Gasteiger partial charge in [0.05, 0.1) is 6.20 Å². The fourth-order valence-electron chi connectivity index (χ4n) is 1.63. The highest BCUT2D eigenvalue weighted by Gasteiger charge is 2.06. The Morgan fingerprint density at radius 1 is 1.37 bits per heavy atom. The van der Waals surface area contributed by atoms with Gasteiger partial charge in [0.2, 0.25) is 0 Å². The molecule has 1 aromatic heterocycles. The van der Waals surface area contributed by atoms with E-state index in [1.165, 1.54) is 0 Å². The summed E-state index contributed by atoms with van der Waals surface area (Å²) in [6.07, 6.45) is 1.75. The highest BCUT2D eigenvalue weighted by atomic mass is 16.2. The quantitative estimate of drug-likeness (QED) is 0.732. The first-order chi connectivity index (χ1) is 9.06. The van der Waals surface area contributed by atoms with Crippen molar-refractivity contribution in [2.75, 3.05) is 11.1 Å². The lowest BCUT2D eigenvalue weighted by Crippen LogP contribution is -2.28. The van der Waals surface area contributed by atoms with Crippen LogP contribution in [0.25, 0.3) is 0 Å². The van der Waals surface area contributed by atoms with Gasteiger partial charge < -0.3 is 16.4 Å². The molecule has 0 saturated carbocycles. The lowest BCUT2D eigenvalue weighted by Gasteiger charge is -2.07. The van der Waals surface area contributed by atoms with Crippen LogP contribution < -0.4 is 16.4 Å². The van der Waals surface area contributed by atoms with Crippen molar-refractivity contribution in [3.63, 3.8) is 0 Å². The van der Waals surface area contributed by atoms with Crippen LogP contribution in [0.15, 0.2) is 30.5 Å². The predicted octanol–water partition coefficient (Wildman–Crippen LogP) is 1.63. The zero-order valence-corrected chi connectivity index (χ0v) is 11.0. The molecule has 2 rings (SSSR count). The molecule has 4 N–H and O–H groups in total. The molecule has 0 fully saturated rings. The Morgan fingerprint density at radius 3 is 2.63 bits per heavy atom. The molecule has 0 radical (unpaired) electrons. The van der Waals surface area contributed by atoms with E-state index in [4.69, 9.17) is 5.73 Å². The maximum atomic E-state index is 11.7. The number of anilines is 2. The van der Waals surface area contributed by atoms with Crippen molar-refractivity contribution in [2.24, 2.45) is 7.05 Å². The van der Waals surface area contributed by atoms with Crippen molar-refractivity contribution < 1.29 is 4.79 Å². The van der Waals surface area contributed by atoms with Crippen LogP contribution in [0.2, 0.25) is 0 Å². The number of carbonyl (C=O) groups is 1. The molecule has 0 aliphatic rings. The van der Waals surface area contributed by atoms with E-state index in [0.717, 1.165) is 11.3 Å². The molecule has 0 bridgehead atoms. The minimum absolute atomic E-state index is 0.256. The van der Waals surface area contributed by atoms with Crippen LogP contribution in [0.5, 0.6) is 0 Å². The molecule has 0 unspecified atom stereocenters. The molecule has 1 aromatic carbocycles. The van der Waals surface area contributed by atoms with Gasteiger partial charge in [-0.25, -0.2) is 4.79 Å². The van der Waals surface area contributed by atoms with Crippen LogP contribution in [0.3, 0.4) is 0 Å². The van der Waals surface area contributed by atoms with Gasteiger partial charge in [0.15, 0.2) is 0 Å². The van der Waals surface area contributed by atoms with Crippen LogP contribution in [-0.4, -0.2) is 15.8 Å². The van der Waals surface area contributed by atoms with E-state index in [9.17, 15) is 4.79 Å². The van der Waals surface area contributed by atoms with Crippen molar-refractivity contribution in [1.82, 2.24) is 15.1 Å². The van der Waals surface area contributed by atoms with E-state index < -0.39 is 0 Å². The zero-order valence-electron chi connectivity index (χ0n) is 11.0. The van der Waals surface area contributed by atoms with Crippen LogP contribution in [0, 0.1) is 6.92 Å². The summed E-state index contributed by atoms with van der Waals surface area (Å²) in [5, 5.41) is 9.63. The van der Waals surface area contributed by atoms with E-state index in [0.29, 0.717) is 17.9 Å². The monoisotopic (exact) mass is 259 g/mol. The summed E-state index contributed by atoms with van der Waals surface area (Å²) in [6.45, 7) is 2.41. The number of aryl methyl sites for hydroxylation is 1. The van der Waals surface area contributed by atoms with Gasteiger partial charge in [-0.15, -0.1) is 0 Å². The number of nitrogen functional groups attached to an aromatic ring is 1. The normalized spacial score (nSPS) is 10.2. The average molecular weight is 259 g/mol. The second kappa shape index (κ2) is 5.43. The minimum atomic E-state index is -0.256. The van der Waals surface area contributed by atoms with E-state index in [1.54, 1.807) is 35.1 Å². The van der Waals surface area contributed by atoms with Crippen LogP contribution in [0.4, 0.5) is 16.2 Å². The van der Waals surface area contributed by atoms with E-state index >= 15 is 0 Å². The number of nitrogens with two attached hydrogens (primary N) is 1. The minimum Gasteiger partial charge on any atom is -0.399 e. The number of hydrogen-bond acceptors (Lipinski definition) is 3. The van der Waals surface area contributed by atoms with Crippen molar-refractivity contribution in [3.05, 3.63) is 41.7 Å². The number of amides is 2. The number of nitrogens with zero attached hydrogens (tertiary/aromatic N) is 2. The molecule has 6 nitrogen and oxygen atoms in total. The summed E-state index contributed by atoms with van der Waals surface area (Å²) in [6, 6.07) is 6.73. The Balaban J connectivity index is 1.88. The number of benzene rings is 1. The molecule has 0 saturated heterocycles. The Labute approximate surface area is 111 Å². The van der Waals surface area contributed by atoms with Crippen molar-refractivity contribution >= 4 is 17.4 Å². The number of aromatic nitrogens is 2. The number of nitrogens with one attached hydrogen (secondary N) is 2. The molecular formula is C13H17N5O. The summed E-state index contributed by atoms with van der Waals surface area (Å²) in [5.41, 5.74) is 8.97. The second-order valence-electron chi connectivity index (χ2n) is 4.31. The lowest BCUT2D eigenvalue weighted by molar-refractivity contribution is 0.251. The van der Waals surface area contributed by atoms with Gasteiger partial charge in [-0.3, -0.25) is 4.68 Å². The van der Waals surface area contributed by atoms with E-state index in [-0.39, 0.29) is 6.03 Å². The Hall–Kier alpha value is -2.50. The maximum Gasteiger partial charge on any atom is 0.319 e. The number of rotatable bonds is 3. The van der Waals surface area contributed by atoms with Gasteiger partial charge in [-0.1, -0.05) is 0 Å². The lowest BCUT2D eigenvalue weighted by atomic mass is 10.2. The largest absolute Gasteiger partial charge is 0.399 e. The number of carbonyl (C=O) groups excluding carboxylic acids is 1. The topological polar surface area (TPSA) is 85.0 Å². The first kappa shape index (κ1) is 12.9. The second-order valence-corrected chi connectivity index (χ2v) is 4.31. The van der Waals surface area contributed by atoms with Gasteiger partial charge in [0.25, 0.3) is 0 Å². The van der Waals surface area contributed by atoms with Crippen molar-refractivity contribution in [1.29, 1.82) is 0 Å². The van der Waals surface area contributed by atoms with Gasteiger partial charge >= 0.3 is 6.03 Å². The molecule has 100 valence electrons. The first-order valence-electron chi connectivity index (χ1n) is 5.94. The SMILES string of the molecule is Cc1c(CNC(=O)Nc2ccc(N)cc2)cnn1C. The molecule has 1 heterocycles. The summed E-state index contributed by atoms with van der Waals surface area (Å²) in [7, 11) is 1.87. The maximum absolute atomic E-state index is 11.7. The number of urea groups is 1. The van der Waals surface area contributed by atoms with Crippen LogP contribution in [0.1, 0.15) is 11.3 Å². The molecule has 0 atom stereocenters. The average Bonchev–Trinajstić information content (AvgIpc) is 2.70. The van der Waals surface area contributed by atoms with Crippen molar-refractivity contribution in [2.45, 2.75) is 13.5 Å². The summed E-state index contributed by atoms with van der Waals surface area (Å²) >= 11 is 0. The molecular weight excluding hydrogens is 242 g/mol. The molecule has 0 spiro atoms. The fraction of sp³-hybridized carbons (Fsp3) is 0.231. The fourth-order valence-corrected chi connectivity index (χ4v) is 1.63. The first-order valence-corrected chi connectivity index (χ1v) is 5.94. The van der Waals surface area contributed by atoms with Gasteiger partial charge in [-0.05, 0) is 31.2 Å². The molecule has 0 aliphatic carbocycles. The van der Waals surface area contributed by atoms with E-state index in [1.807, 2.05) is 14.0 Å². The molecule has 2 aromatic rings. The number of hydrogen-bond donors (Lipinski definition) is 3. The molecule has 2 amide bonds. The highest BCUT2D eigenvalue weighted by molar-refractivity contribution is 5.89. The smallest absolute Gasteiger partial charge is 0.319 e. The van der Waals surface area contributed by atoms with Crippen LogP contribution in [-0.2, 0) is 13.6 Å². The molecule has 0 aliphatic heterocycles. The van der Waals surface area contributed by atoms with Crippen molar-refractivity contribution in [3.8, 4) is 0 Å². The third kappa shape index (κ3) is 3.25. The summed E-state index contributed by atoms with van der Waals surface area (Å²) in [4.78, 5) is 11.7. The van der Waals surface area contributed by atoms with Crippen LogP contribution >= 0.6 is 0 Å². The van der Waals surface area contributed by atoms with Gasteiger partial charge in [0.1, 0.15) is 0 Å². The Kier molecular flexibility index (Phi) is 3.70. The van der Waals surface area contributed by atoms with E-state index in [2.05, 4.69) is 15.7 Å². The summed E-state index contributed by atoms with van der Waals surface area (Å²) in [5.74, 6) is 0. The molecule has 19 heavy (non-hydrogen) atoms. The van der Waals surface area contributed by atoms with Gasteiger partial charge in [0, 0.05) is 36.2 Å². The third-order valence-corrected chi connectivity index (χ3v) is 2.94. The standard InChI is InChI=1S/C13H17N5O/c1-9-10(8-16-18(9)2)7-15-13(19)17-12-5-3-11(14)4-6-12/h3-6,8H,7,14H2,1-2H3,(H2,15,17,19). The summed E-state index contributed by atoms with van der Waals surface area (Å²) < 4.78 is 1.77. The Bertz CT molecular complexity index is 573. The zero-order chi connectivity index (χ0) is 13.8. The Morgan fingerprint density at radius 2 is 2.05 bits per heavy atom. The molecule has 6 heteroatoms. The third-order valence-electron chi connectivity index (χ3n) is 2.94. The van der Waals surface area contributed by atoms with Gasteiger partial charge in [-0.2, -0.15) is 5.10 Å². The highest BCUT2D eigenvalue weighted by Crippen LogP contribution is 2.10. The predicted molar refractivity (Wildman–Crippen MR) is 74.7 cm³/mol.